The molecular weight excluding hydrogens is 233 g/mol. The molecule has 5 heteroatoms. The number of hydrogen-bond acceptors (Lipinski definition) is 2. The average Bonchev–Trinajstić information content (AvgIpc) is 2.65. The van der Waals surface area contributed by atoms with Gasteiger partial charge >= 0.3 is 0 Å². The van der Waals surface area contributed by atoms with Crippen LogP contribution in [0, 0.1) is 11.3 Å². The van der Waals surface area contributed by atoms with Crippen LogP contribution in [0.15, 0.2) is 24.7 Å². The number of nitrogens with zero attached hydrogens (tertiary/aromatic N) is 2. The SMILES string of the molecule is N#Cc1c[nH]cc1-c1ncc(Cl)cc1Cl. The molecule has 0 aromatic carbocycles. The molecule has 2 heterocycles. The number of H-pyrrole nitrogens is 1. The minimum atomic E-state index is 0.429. The van der Waals surface area contributed by atoms with E-state index in [1.807, 2.05) is 0 Å². The smallest absolute Gasteiger partial charge is 0.101 e. The predicted molar refractivity (Wildman–Crippen MR) is 58.8 cm³/mol. The Kier molecular flexibility index (Phi) is 2.63. The first kappa shape index (κ1) is 10.0. The van der Waals surface area contributed by atoms with Crippen LogP contribution >= 0.6 is 23.2 Å². The van der Waals surface area contributed by atoms with E-state index in [0.29, 0.717) is 26.9 Å². The zero-order valence-electron chi connectivity index (χ0n) is 7.46. The van der Waals surface area contributed by atoms with Gasteiger partial charge in [-0.15, -0.1) is 0 Å². The van der Waals surface area contributed by atoms with Crippen LogP contribution in [-0.2, 0) is 0 Å². The summed E-state index contributed by atoms with van der Waals surface area (Å²) in [4.78, 5) is 6.93. The van der Waals surface area contributed by atoms with Gasteiger partial charge in [0.2, 0.25) is 0 Å². The molecule has 0 bridgehead atoms. The van der Waals surface area contributed by atoms with E-state index < -0.39 is 0 Å². The van der Waals surface area contributed by atoms with Gasteiger partial charge in [-0.25, -0.2) is 0 Å². The second-order valence-corrected chi connectivity index (χ2v) is 3.72. The fraction of sp³-hybridized carbons (Fsp3) is 0. The van der Waals surface area contributed by atoms with E-state index in [1.54, 1.807) is 18.5 Å². The first-order valence-corrected chi connectivity index (χ1v) is 4.86. The molecule has 15 heavy (non-hydrogen) atoms. The Hall–Kier alpha value is -1.50. The molecule has 2 aromatic rings. The molecule has 2 aromatic heterocycles. The lowest BCUT2D eigenvalue weighted by atomic mass is 10.1. The lowest BCUT2D eigenvalue weighted by Crippen LogP contribution is -1.85. The highest BCUT2D eigenvalue weighted by Gasteiger charge is 2.11. The highest BCUT2D eigenvalue weighted by molar-refractivity contribution is 6.36. The molecule has 0 amide bonds. The van der Waals surface area contributed by atoms with Gasteiger partial charge in [0.25, 0.3) is 0 Å². The second-order valence-electron chi connectivity index (χ2n) is 2.88. The molecule has 74 valence electrons. The average molecular weight is 238 g/mol. The summed E-state index contributed by atoms with van der Waals surface area (Å²) in [6.45, 7) is 0. The minimum absolute atomic E-state index is 0.429. The van der Waals surface area contributed by atoms with Gasteiger partial charge in [-0.3, -0.25) is 4.98 Å². The van der Waals surface area contributed by atoms with Crippen LogP contribution in [0.2, 0.25) is 10.0 Å². The van der Waals surface area contributed by atoms with E-state index in [-0.39, 0.29) is 0 Å². The third-order valence-electron chi connectivity index (χ3n) is 1.93. The van der Waals surface area contributed by atoms with Crippen molar-refractivity contribution >= 4 is 23.2 Å². The van der Waals surface area contributed by atoms with Crippen LogP contribution in [0.1, 0.15) is 5.56 Å². The van der Waals surface area contributed by atoms with Crippen LogP contribution in [0.5, 0.6) is 0 Å². The molecule has 0 spiro atoms. The molecule has 0 aliphatic rings. The van der Waals surface area contributed by atoms with Gasteiger partial charge in [0.15, 0.2) is 0 Å². The van der Waals surface area contributed by atoms with E-state index in [1.165, 1.54) is 6.20 Å². The maximum atomic E-state index is 8.85. The summed E-state index contributed by atoms with van der Waals surface area (Å²) < 4.78 is 0. The number of aromatic amines is 1. The van der Waals surface area contributed by atoms with Crippen LogP contribution in [0.25, 0.3) is 11.3 Å². The molecule has 2 rings (SSSR count). The molecule has 0 saturated carbocycles. The monoisotopic (exact) mass is 237 g/mol. The molecule has 0 fully saturated rings. The molecule has 3 nitrogen and oxygen atoms in total. The lowest BCUT2D eigenvalue weighted by Gasteiger charge is -2.01. The van der Waals surface area contributed by atoms with Gasteiger partial charge in [-0.05, 0) is 6.07 Å². The number of rotatable bonds is 1. The maximum Gasteiger partial charge on any atom is 0.101 e. The minimum Gasteiger partial charge on any atom is -0.366 e. The molecule has 1 N–H and O–H groups in total. The number of nitriles is 1. The number of halogens is 2. The predicted octanol–water partition coefficient (Wildman–Crippen LogP) is 3.26. The van der Waals surface area contributed by atoms with Crippen molar-refractivity contribution in [1.29, 1.82) is 5.26 Å². The largest absolute Gasteiger partial charge is 0.366 e. The van der Waals surface area contributed by atoms with Gasteiger partial charge in [-0.2, -0.15) is 5.26 Å². The summed E-state index contributed by atoms with van der Waals surface area (Å²) in [5, 5.41) is 9.75. The van der Waals surface area contributed by atoms with Crippen molar-refractivity contribution in [1.82, 2.24) is 9.97 Å². The molecule has 0 aliphatic carbocycles. The van der Waals surface area contributed by atoms with Crippen molar-refractivity contribution in [2.45, 2.75) is 0 Å². The Morgan fingerprint density at radius 1 is 1.33 bits per heavy atom. The standard InChI is InChI=1S/C10H5Cl2N3/c11-7-1-9(12)10(15-4-7)8-5-14-3-6(8)2-13/h1,3-5,14H. The number of hydrogen-bond donors (Lipinski definition) is 1. The van der Waals surface area contributed by atoms with Gasteiger partial charge < -0.3 is 4.98 Å². The zero-order valence-corrected chi connectivity index (χ0v) is 8.97. The van der Waals surface area contributed by atoms with E-state index >= 15 is 0 Å². The van der Waals surface area contributed by atoms with Crippen LogP contribution in [0.3, 0.4) is 0 Å². The maximum absolute atomic E-state index is 8.85. The molecule has 0 saturated heterocycles. The summed E-state index contributed by atoms with van der Waals surface area (Å²) in [6, 6.07) is 3.65. The van der Waals surface area contributed by atoms with E-state index in [4.69, 9.17) is 28.5 Å². The Morgan fingerprint density at radius 2 is 2.13 bits per heavy atom. The zero-order chi connectivity index (χ0) is 10.8. The second kappa shape index (κ2) is 3.93. The summed E-state index contributed by atoms with van der Waals surface area (Å²) >= 11 is 11.7. The number of pyridine rings is 1. The lowest BCUT2D eigenvalue weighted by molar-refractivity contribution is 1.32. The Labute approximate surface area is 96.3 Å². The van der Waals surface area contributed by atoms with Gasteiger partial charge in [-0.1, -0.05) is 23.2 Å². The van der Waals surface area contributed by atoms with Crippen molar-refractivity contribution in [2.75, 3.05) is 0 Å². The highest BCUT2D eigenvalue weighted by atomic mass is 35.5. The summed E-state index contributed by atoms with van der Waals surface area (Å²) in [7, 11) is 0. The number of nitrogens with one attached hydrogen (secondary N) is 1. The molecule has 0 atom stereocenters. The van der Waals surface area contributed by atoms with Gasteiger partial charge in [0, 0.05) is 24.2 Å². The Balaban J connectivity index is 2.60. The quantitative estimate of drug-likeness (QED) is 0.828. The topological polar surface area (TPSA) is 52.5 Å². The molecule has 0 unspecified atom stereocenters. The highest BCUT2D eigenvalue weighted by Crippen LogP contribution is 2.29. The van der Waals surface area contributed by atoms with Crippen molar-refractivity contribution in [2.24, 2.45) is 0 Å². The Morgan fingerprint density at radius 3 is 2.80 bits per heavy atom. The third kappa shape index (κ3) is 1.82. The first-order valence-electron chi connectivity index (χ1n) is 4.10. The van der Waals surface area contributed by atoms with Crippen LogP contribution in [-0.4, -0.2) is 9.97 Å². The van der Waals surface area contributed by atoms with Crippen molar-refractivity contribution < 1.29 is 0 Å². The molecule has 0 radical (unpaired) electrons. The Bertz CT molecular complexity index is 540. The number of aromatic nitrogens is 2. The fourth-order valence-corrected chi connectivity index (χ4v) is 1.75. The summed E-state index contributed by atoms with van der Waals surface area (Å²) in [5.41, 5.74) is 1.74. The summed E-state index contributed by atoms with van der Waals surface area (Å²) in [5.74, 6) is 0. The fourth-order valence-electron chi connectivity index (χ4n) is 1.27. The molecular formula is C10H5Cl2N3. The first-order chi connectivity index (χ1) is 7.22. The summed E-state index contributed by atoms with van der Waals surface area (Å²) in [6.07, 6.45) is 4.78. The van der Waals surface area contributed by atoms with E-state index in [2.05, 4.69) is 16.0 Å². The molecule has 0 aliphatic heterocycles. The van der Waals surface area contributed by atoms with Crippen LogP contribution in [0.4, 0.5) is 0 Å². The normalized spacial score (nSPS) is 9.93. The van der Waals surface area contributed by atoms with E-state index in [0.717, 1.165) is 0 Å². The van der Waals surface area contributed by atoms with E-state index in [9.17, 15) is 0 Å². The van der Waals surface area contributed by atoms with Gasteiger partial charge in [0.05, 0.1) is 21.3 Å². The van der Waals surface area contributed by atoms with Crippen molar-refractivity contribution in [3.8, 4) is 17.3 Å². The van der Waals surface area contributed by atoms with Gasteiger partial charge in [0.1, 0.15) is 6.07 Å². The third-order valence-corrected chi connectivity index (χ3v) is 2.42. The van der Waals surface area contributed by atoms with Crippen LogP contribution < -0.4 is 0 Å². The van der Waals surface area contributed by atoms with Crippen molar-refractivity contribution in [3.05, 3.63) is 40.3 Å². The van der Waals surface area contributed by atoms with Crippen molar-refractivity contribution in [3.63, 3.8) is 0 Å².